The lowest BCUT2D eigenvalue weighted by molar-refractivity contribution is -0.130. The highest BCUT2D eigenvalue weighted by molar-refractivity contribution is 6.21. The van der Waals surface area contributed by atoms with Gasteiger partial charge in [-0.2, -0.15) is 0 Å². The van der Waals surface area contributed by atoms with E-state index >= 15 is 0 Å². The van der Waals surface area contributed by atoms with Crippen molar-refractivity contribution in [1.82, 2.24) is 0 Å². The van der Waals surface area contributed by atoms with Crippen LogP contribution in [0.1, 0.15) is 11.1 Å². The molecule has 0 atom stereocenters. The Morgan fingerprint density at radius 2 is 1.57 bits per heavy atom. The molecule has 0 radical (unpaired) electrons. The normalized spacial score (nSPS) is 11.0. The van der Waals surface area contributed by atoms with Crippen LogP contribution in [0.4, 0.5) is 0 Å². The van der Waals surface area contributed by atoms with Crippen LogP contribution in [0, 0.1) is 0 Å². The van der Waals surface area contributed by atoms with Gasteiger partial charge in [-0.15, -0.1) is 0 Å². The highest BCUT2D eigenvalue weighted by atomic mass is 16.5. The van der Waals surface area contributed by atoms with Crippen molar-refractivity contribution < 1.29 is 24.1 Å². The summed E-state index contributed by atoms with van der Waals surface area (Å²) in [6.45, 7) is 0. The molecular weight excluding hydrogens is 296 g/mol. The summed E-state index contributed by atoms with van der Waals surface area (Å²) in [6, 6.07) is 12.2. The van der Waals surface area contributed by atoms with E-state index in [1.165, 1.54) is 14.2 Å². The molecule has 0 saturated carbocycles. The second kappa shape index (κ2) is 7.35. The number of methoxy groups -OCH3 is 3. The van der Waals surface area contributed by atoms with Crippen LogP contribution in [0.5, 0.6) is 17.2 Å². The maximum absolute atomic E-state index is 11.7. The van der Waals surface area contributed by atoms with E-state index in [4.69, 9.17) is 14.2 Å². The van der Waals surface area contributed by atoms with Crippen LogP contribution in [0.25, 0.3) is 11.6 Å². The Hall–Kier alpha value is -2.95. The maximum atomic E-state index is 11.7. The number of para-hydroxylation sites is 1. The fraction of sp³-hybridized carbons (Fsp3) is 0.167. The van der Waals surface area contributed by atoms with Crippen molar-refractivity contribution in [2.45, 2.75) is 0 Å². The second-order valence-electron chi connectivity index (χ2n) is 4.67. The summed E-state index contributed by atoms with van der Waals surface area (Å²) in [6.07, 6.45) is 1.57. The summed E-state index contributed by atoms with van der Waals surface area (Å²) in [5.41, 5.74) is 1.33. The van der Waals surface area contributed by atoms with Gasteiger partial charge >= 0.3 is 5.97 Å². The van der Waals surface area contributed by atoms with E-state index in [2.05, 4.69) is 0 Å². The Morgan fingerprint density at radius 3 is 2.17 bits per heavy atom. The third kappa shape index (κ3) is 3.63. The lowest BCUT2D eigenvalue weighted by atomic mass is 10.0. The Balaban J connectivity index is 2.55. The number of aliphatic carboxylic acids is 1. The molecule has 2 aromatic carbocycles. The van der Waals surface area contributed by atoms with E-state index in [9.17, 15) is 9.90 Å². The molecule has 5 nitrogen and oxygen atoms in total. The zero-order chi connectivity index (χ0) is 16.8. The summed E-state index contributed by atoms with van der Waals surface area (Å²) >= 11 is 0. The molecule has 0 amide bonds. The van der Waals surface area contributed by atoms with Gasteiger partial charge < -0.3 is 19.3 Å². The Bertz CT molecular complexity index is 734. The highest BCUT2D eigenvalue weighted by Crippen LogP contribution is 2.32. The van der Waals surface area contributed by atoms with Gasteiger partial charge in [-0.25, -0.2) is 4.79 Å². The van der Waals surface area contributed by atoms with Gasteiger partial charge in [0, 0.05) is 5.56 Å². The first-order chi connectivity index (χ1) is 11.1. The predicted octanol–water partition coefficient (Wildman–Crippen LogP) is 3.34. The van der Waals surface area contributed by atoms with Gasteiger partial charge in [0.15, 0.2) is 11.5 Å². The molecule has 0 heterocycles. The van der Waals surface area contributed by atoms with Crippen molar-refractivity contribution in [3.63, 3.8) is 0 Å². The molecule has 0 bridgehead atoms. The van der Waals surface area contributed by atoms with E-state index in [0.717, 1.165) is 0 Å². The van der Waals surface area contributed by atoms with Crippen LogP contribution < -0.4 is 14.2 Å². The van der Waals surface area contributed by atoms with Gasteiger partial charge in [0.1, 0.15) is 5.75 Å². The smallest absolute Gasteiger partial charge is 0.336 e. The fourth-order valence-corrected chi connectivity index (χ4v) is 2.21. The van der Waals surface area contributed by atoms with Crippen molar-refractivity contribution in [2.24, 2.45) is 0 Å². The number of hydrogen-bond acceptors (Lipinski definition) is 4. The average molecular weight is 314 g/mol. The van der Waals surface area contributed by atoms with Gasteiger partial charge in [0.25, 0.3) is 0 Å². The van der Waals surface area contributed by atoms with Crippen molar-refractivity contribution >= 4 is 17.6 Å². The van der Waals surface area contributed by atoms with Crippen LogP contribution in [-0.2, 0) is 4.79 Å². The van der Waals surface area contributed by atoms with Crippen LogP contribution in [-0.4, -0.2) is 32.4 Å². The molecule has 5 heteroatoms. The van der Waals surface area contributed by atoms with Crippen LogP contribution in [0.3, 0.4) is 0 Å². The van der Waals surface area contributed by atoms with E-state index in [0.29, 0.717) is 28.4 Å². The molecule has 0 saturated heterocycles. The molecule has 0 spiro atoms. The number of carboxylic acid groups (broad SMARTS) is 1. The summed E-state index contributed by atoms with van der Waals surface area (Å²) < 4.78 is 15.7. The van der Waals surface area contributed by atoms with Gasteiger partial charge in [-0.1, -0.05) is 24.3 Å². The lowest BCUT2D eigenvalue weighted by Crippen LogP contribution is -2.01. The lowest BCUT2D eigenvalue weighted by Gasteiger charge is -2.11. The first-order valence-corrected chi connectivity index (χ1v) is 6.91. The summed E-state index contributed by atoms with van der Waals surface area (Å²) in [4.78, 5) is 11.7. The molecule has 2 aromatic rings. The first kappa shape index (κ1) is 16.4. The fourth-order valence-electron chi connectivity index (χ4n) is 2.21. The van der Waals surface area contributed by atoms with Crippen molar-refractivity contribution in [1.29, 1.82) is 0 Å². The molecular formula is C18H18O5. The maximum Gasteiger partial charge on any atom is 0.336 e. The Morgan fingerprint density at radius 1 is 0.913 bits per heavy atom. The topological polar surface area (TPSA) is 65.0 Å². The Kier molecular flexibility index (Phi) is 5.25. The zero-order valence-corrected chi connectivity index (χ0v) is 13.2. The summed E-state index contributed by atoms with van der Waals surface area (Å²) in [7, 11) is 4.58. The van der Waals surface area contributed by atoms with Crippen molar-refractivity contribution in [3.8, 4) is 17.2 Å². The van der Waals surface area contributed by atoms with Gasteiger partial charge in [-0.05, 0) is 29.8 Å². The number of rotatable bonds is 6. The SMILES string of the molecule is COc1ccccc1/C=C(\C(=O)O)c1ccc(OC)c(OC)c1. The minimum Gasteiger partial charge on any atom is -0.496 e. The number of carboxylic acids is 1. The number of ether oxygens (including phenoxy) is 3. The quantitative estimate of drug-likeness (QED) is 0.654. The number of hydrogen-bond donors (Lipinski definition) is 1. The molecule has 0 aliphatic rings. The van der Waals surface area contributed by atoms with Gasteiger partial charge in [-0.3, -0.25) is 0 Å². The molecule has 120 valence electrons. The monoisotopic (exact) mass is 314 g/mol. The van der Waals surface area contributed by atoms with E-state index in [1.807, 2.05) is 12.1 Å². The molecule has 0 aromatic heterocycles. The largest absolute Gasteiger partial charge is 0.496 e. The summed E-state index contributed by atoms with van der Waals surface area (Å²) in [5.74, 6) is 0.574. The van der Waals surface area contributed by atoms with Crippen LogP contribution in [0.15, 0.2) is 42.5 Å². The third-order valence-electron chi connectivity index (χ3n) is 3.36. The average Bonchev–Trinajstić information content (AvgIpc) is 2.59. The molecule has 0 aliphatic carbocycles. The van der Waals surface area contributed by atoms with Gasteiger partial charge in [0.05, 0.1) is 26.9 Å². The minimum absolute atomic E-state index is 0.135. The van der Waals surface area contributed by atoms with E-state index < -0.39 is 5.97 Å². The minimum atomic E-state index is -1.04. The third-order valence-corrected chi connectivity index (χ3v) is 3.36. The molecule has 23 heavy (non-hydrogen) atoms. The van der Waals surface area contributed by atoms with Crippen molar-refractivity contribution in [2.75, 3.05) is 21.3 Å². The van der Waals surface area contributed by atoms with Crippen molar-refractivity contribution in [3.05, 3.63) is 53.6 Å². The van der Waals surface area contributed by atoms with E-state index in [-0.39, 0.29) is 5.57 Å². The zero-order valence-electron chi connectivity index (χ0n) is 13.2. The first-order valence-electron chi connectivity index (χ1n) is 6.91. The molecule has 2 rings (SSSR count). The number of carbonyl (C=O) groups is 1. The van der Waals surface area contributed by atoms with E-state index in [1.54, 1.807) is 43.5 Å². The van der Waals surface area contributed by atoms with Gasteiger partial charge in [0.2, 0.25) is 0 Å². The second-order valence-corrected chi connectivity index (χ2v) is 4.67. The molecule has 0 unspecified atom stereocenters. The predicted molar refractivity (Wildman–Crippen MR) is 88.0 cm³/mol. The number of benzene rings is 2. The molecule has 1 N–H and O–H groups in total. The van der Waals surface area contributed by atoms with Crippen LogP contribution >= 0.6 is 0 Å². The standard InChI is InChI=1S/C18H18O5/c1-21-15-7-5-4-6-13(15)10-14(18(19)20)12-8-9-16(22-2)17(11-12)23-3/h4-11H,1-3H3,(H,19,20)/b14-10-. The Labute approximate surface area is 134 Å². The molecule has 0 fully saturated rings. The highest BCUT2D eigenvalue weighted by Gasteiger charge is 2.15. The molecule has 0 aliphatic heterocycles. The summed E-state index contributed by atoms with van der Waals surface area (Å²) in [5, 5.41) is 9.56. The van der Waals surface area contributed by atoms with Crippen LogP contribution in [0.2, 0.25) is 0 Å².